The van der Waals surface area contributed by atoms with Gasteiger partial charge in [0.2, 0.25) is 0 Å². The van der Waals surface area contributed by atoms with E-state index in [0.29, 0.717) is 19.1 Å². The lowest BCUT2D eigenvalue weighted by Gasteiger charge is -2.43. The molecule has 2 heterocycles. The Hall–Kier alpha value is -2.57. The van der Waals surface area contributed by atoms with E-state index >= 15 is 0 Å². The van der Waals surface area contributed by atoms with Crippen LogP contribution in [0.15, 0.2) is 54.6 Å². The summed E-state index contributed by atoms with van der Waals surface area (Å²) in [6, 6.07) is 19.6. The first-order valence-corrected chi connectivity index (χ1v) is 11.4. The normalized spacial score (nSPS) is 19.0. The molecule has 0 bridgehead atoms. The van der Waals surface area contributed by atoms with Gasteiger partial charge in [-0.2, -0.15) is 0 Å². The Morgan fingerprint density at radius 2 is 1.81 bits per heavy atom. The van der Waals surface area contributed by atoms with Crippen molar-refractivity contribution in [2.24, 2.45) is 0 Å². The Labute approximate surface area is 186 Å². The molecule has 0 spiro atoms. The molecule has 1 N–H and O–H groups in total. The highest BCUT2D eigenvalue weighted by molar-refractivity contribution is 5.75. The van der Waals surface area contributed by atoms with Crippen LogP contribution >= 0.6 is 0 Å². The summed E-state index contributed by atoms with van der Waals surface area (Å²) in [4.78, 5) is 22.2. The second-order valence-corrected chi connectivity index (χ2v) is 8.97. The summed E-state index contributed by atoms with van der Waals surface area (Å²) in [6.07, 6.45) is 0.962. The van der Waals surface area contributed by atoms with Crippen LogP contribution in [0.5, 0.6) is 0 Å². The molecule has 1 saturated heterocycles. The molecular weight excluding hydrogens is 386 g/mol. The van der Waals surface area contributed by atoms with Gasteiger partial charge in [-0.1, -0.05) is 48.5 Å². The molecule has 2 aliphatic heterocycles. The first-order chi connectivity index (χ1) is 15.1. The quantitative estimate of drug-likeness (QED) is 0.729. The minimum atomic E-state index is 0.0515. The van der Waals surface area contributed by atoms with Gasteiger partial charge in [0.15, 0.2) is 0 Å². The van der Waals surface area contributed by atoms with Crippen molar-refractivity contribution in [2.75, 3.05) is 58.3 Å². The first-order valence-electron chi connectivity index (χ1n) is 11.4. The smallest absolute Gasteiger partial charge is 0.317 e. The lowest BCUT2D eigenvalue weighted by atomic mass is 10.1. The average molecular weight is 422 g/mol. The molecule has 31 heavy (non-hydrogen) atoms. The summed E-state index contributed by atoms with van der Waals surface area (Å²) < 4.78 is 0. The summed E-state index contributed by atoms with van der Waals surface area (Å²) in [5.41, 5.74) is 3.88. The fourth-order valence-corrected chi connectivity index (χ4v) is 4.68. The van der Waals surface area contributed by atoms with E-state index in [1.165, 1.54) is 16.8 Å². The van der Waals surface area contributed by atoms with Gasteiger partial charge >= 0.3 is 6.03 Å². The van der Waals surface area contributed by atoms with Crippen LogP contribution < -0.4 is 10.2 Å². The van der Waals surface area contributed by atoms with Crippen LogP contribution in [0.25, 0.3) is 0 Å². The highest BCUT2D eigenvalue weighted by Crippen LogP contribution is 2.30. The van der Waals surface area contributed by atoms with E-state index in [4.69, 9.17) is 0 Å². The Kier molecular flexibility index (Phi) is 7.10. The predicted molar refractivity (Wildman–Crippen MR) is 126 cm³/mol. The molecule has 1 atom stereocenters. The summed E-state index contributed by atoms with van der Waals surface area (Å²) >= 11 is 0. The van der Waals surface area contributed by atoms with Crippen LogP contribution in [-0.2, 0) is 13.1 Å². The number of carbonyl (C=O) groups excluding carboxylic acids is 1. The van der Waals surface area contributed by atoms with Crippen LogP contribution in [0, 0.1) is 0 Å². The monoisotopic (exact) mass is 421 g/mol. The lowest BCUT2D eigenvalue weighted by Crippen LogP contribution is -2.57. The largest absolute Gasteiger partial charge is 0.364 e. The third kappa shape index (κ3) is 5.57. The van der Waals surface area contributed by atoms with Crippen LogP contribution in [-0.4, -0.2) is 80.1 Å². The molecule has 2 amide bonds. The van der Waals surface area contributed by atoms with Crippen molar-refractivity contribution < 1.29 is 4.79 Å². The maximum absolute atomic E-state index is 13.0. The molecule has 1 unspecified atom stereocenters. The fraction of sp³-hybridized carbons (Fsp3) is 0.480. The predicted octanol–water partition coefficient (Wildman–Crippen LogP) is 2.85. The Balaban J connectivity index is 1.46. The van der Waals surface area contributed by atoms with Gasteiger partial charge in [0.25, 0.3) is 0 Å². The molecule has 0 aromatic heterocycles. The molecule has 4 rings (SSSR count). The molecule has 2 aromatic carbocycles. The van der Waals surface area contributed by atoms with Gasteiger partial charge in [0.05, 0.1) is 6.04 Å². The van der Waals surface area contributed by atoms with Crippen molar-refractivity contribution in [1.29, 1.82) is 0 Å². The van der Waals surface area contributed by atoms with Crippen LogP contribution in [0.4, 0.5) is 10.5 Å². The topological polar surface area (TPSA) is 42.1 Å². The molecule has 2 aliphatic rings. The average Bonchev–Trinajstić information content (AvgIpc) is 2.94. The van der Waals surface area contributed by atoms with E-state index in [0.717, 1.165) is 45.7 Å². The molecular formula is C25H35N5O. The van der Waals surface area contributed by atoms with E-state index in [9.17, 15) is 4.79 Å². The molecule has 6 heteroatoms. The summed E-state index contributed by atoms with van der Waals surface area (Å²) in [5, 5.41) is 3.14. The molecule has 2 aromatic rings. The number of piperazine rings is 1. The second kappa shape index (κ2) is 10.2. The SMILES string of the molecule is CN(C)CCCNC(=O)N1Cc2ccccc2N2CCN(Cc3ccccc3)CC2C1. The number of rotatable bonds is 6. The third-order valence-corrected chi connectivity index (χ3v) is 6.25. The first kappa shape index (κ1) is 21.7. The standard InChI is InChI=1S/C25H35N5O/c1-27(2)14-8-13-26-25(31)29-18-22-11-6-7-12-24(22)30-16-15-28(19-23(30)20-29)17-21-9-4-3-5-10-21/h3-7,9-12,23H,8,13-20H2,1-2H3,(H,26,31). The summed E-state index contributed by atoms with van der Waals surface area (Å²) in [5.74, 6) is 0. The van der Waals surface area contributed by atoms with Gasteiger partial charge in [-0.25, -0.2) is 4.79 Å². The Morgan fingerprint density at radius 1 is 1.03 bits per heavy atom. The number of fused-ring (bicyclic) bond motifs is 3. The number of anilines is 1. The van der Waals surface area contributed by atoms with Crippen molar-refractivity contribution in [1.82, 2.24) is 20.0 Å². The van der Waals surface area contributed by atoms with Gasteiger partial charge < -0.3 is 20.0 Å². The number of carbonyl (C=O) groups is 1. The number of amides is 2. The number of nitrogens with zero attached hydrogens (tertiary/aromatic N) is 4. The van der Waals surface area contributed by atoms with Crippen LogP contribution in [0.3, 0.4) is 0 Å². The van der Waals surface area contributed by atoms with Crippen molar-refractivity contribution in [3.8, 4) is 0 Å². The van der Waals surface area contributed by atoms with Gasteiger partial charge in [0, 0.05) is 51.5 Å². The maximum atomic E-state index is 13.0. The molecule has 1 fully saturated rings. The Morgan fingerprint density at radius 3 is 2.61 bits per heavy atom. The number of hydrogen-bond acceptors (Lipinski definition) is 4. The van der Waals surface area contributed by atoms with Crippen LogP contribution in [0.2, 0.25) is 0 Å². The van der Waals surface area contributed by atoms with E-state index in [1.54, 1.807) is 0 Å². The van der Waals surface area contributed by atoms with Gasteiger partial charge in [-0.15, -0.1) is 0 Å². The number of urea groups is 1. The number of para-hydroxylation sites is 1. The molecule has 6 nitrogen and oxygen atoms in total. The highest BCUT2D eigenvalue weighted by atomic mass is 16.2. The molecule has 0 radical (unpaired) electrons. The van der Waals surface area contributed by atoms with Crippen molar-refractivity contribution in [3.05, 3.63) is 65.7 Å². The fourth-order valence-electron chi connectivity index (χ4n) is 4.68. The molecule has 0 saturated carbocycles. The third-order valence-electron chi connectivity index (χ3n) is 6.25. The van der Waals surface area contributed by atoms with Crippen LogP contribution in [0.1, 0.15) is 17.5 Å². The zero-order valence-corrected chi connectivity index (χ0v) is 18.8. The van der Waals surface area contributed by atoms with E-state index in [-0.39, 0.29) is 6.03 Å². The second-order valence-electron chi connectivity index (χ2n) is 8.97. The zero-order chi connectivity index (χ0) is 21.6. The number of benzene rings is 2. The lowest BCUT2D eigenvalue weighted by molar-refractivity contribution is 0.169. The minimum absolute atomic E-state index is 0.0515. The number of hydrogen-bond donors (Lipinski definition) is 1. The maximum Gasteiger partial charge on any atom is 0.317 e. The van der Waals surface area contributed by atoms with E-state index < -0.39 is 0 Å². The molecule has 166 valence electrons. The number of nitrogens with one attached hydrogen (secondary N) is 1. The molecule has 0 aliphatic carbocycles. The van der Waals surface area contributed by atoms with Crippen molar-refractivity contribution in [3.63, 3.8) is 0 Å². The van der Waals surface area contributed by atoms with Gasteiger partial charge in [0.1, 0.15) is 0 Å². The zero-order valence-electron chi connectivity index (χ0n) is 18.8. The van der Waals surface area contributed by atoms with Gasteiger partial charge in [-0.05, 0) is 44.3 Å². The van der Waals surface area contributed by atoms with E-state index in [1.807, 2.05) is 4.90 Å². The Bertz CT molecular complexity index is 856. The van der Waals surface area contributed by atoms with Crippen molar-refractivity contribution >= 4 is 11.7 Å². The van der Waals surface area contributed by atoms with Crippen molar-refractivity contribution in [2.45, 2.75) is 25.6 Å². The minimum Gasteiger partial charge on any atom is -0.364 e. The van der Waals surface area contributed by atoms with Gasteiger partial charge in [-0.3, -0.25) is 4.90 Å². The summed E-state index contributed by atoms with van der Waals surface area (Å²) in [6.45, 7) is 7.07. The van der Waals surface area contributed by atoms with E-state index in [2.05, 4.69) is 88.7 Å². The summed E-state index contributed by atoms with van der Waals surface area (Å²) in [7, 11) is 4.12. The highest BCUT2D eigenvalue weighted by Gasteiger charge is 2.34.